The molecule has 0 aliphatic carbocycles. The SMILES string of the molecule is CCCC(=O)C[C@@H](C)C(=O)N[C@@H]1C(=O)N(CCO)c2ncccc2-c2ccccc21.O. The van der Waals surface area contributed by atoms with E-state index >= 15 is 0 Å². The second-order valence-electron chi connectivity index (χ2n) is 7.51. The van der Waals surface area contributed by atoms with Crippen LogP contribution in [0.5, 0.6) is 0 Å². The molecule has 0 saturated carbocycles. The molecule has 1 aromatic carbocycles. The van der Waals surface area contributed by atoms with Crippen LogP contribution < -0.4 is 10.2 Å². The smallest absolute Gasteiger partial charge is 0.255 e. The highest BCUT2D eigenvalue weighted by atomic mass is 16.3. The third-order valence-corrected chi connectivity index (χ3v) is 5.24. The van der Waals surface area contributed by atoms with Crippen molar-refractivity contribution in [3.05, 3.63) is 48.2 Å². The normalized spacial score (nSPS) is 15.8. The van der Waals surface area contributed by atoms with Gasteiger partial charge in [0.25, 0.3) is 5.91 Å². The van der Waals surface area contributed by atoms with Gasteiger partial charge in [0.15, 0.2) is 0 Å². The van der Waals surface area contributed by atoms with Crippen molar-refractivity contribution in [2.24, 2.45) is 5.92 Å². The van der Waals surface area contributed by atoms with Gasteiger partial charge in [-0.1, -0.05) is 38.1 Å². The molecule has 1 aromatic heterocycles. The molecule has 0 radical (unpaired) electrons. The Balaban J connectivity index is 0.00000341. The van der Waals surface area contributed by atoms with Gasteiger partial charge in [0.2, 0.25) is 5.91 Å². The third-order valence-electron chi connectivity index (χ3n) is 5.24. The molecule has 3 rings (SSSR count). The number of hydrogen-bond donors (Lipinski definition) is 2. The highest BCUT2D eigenvalue weighted by molar-refractivity contribution is 6.05. The van der Waals surface area contributed by atoms with E-state index in [1.807, 2.05) is 37.3 Å². The van der Waals surface area contributed by atoms with Crippen molar-refractivity contribution in [3.63, 3.8) is 0 Å². The van der Waals surface area contributed by atoms with E-state index in [1.165, 1.54) is 4.90 Å². The average molecular weight is 428 g/mol. The van der Waals surface area contributed by atoms with Crippen LogP contribution >= 0.6 is 0 Å². The van der Waals surface area contributed by atoms with Crippen molar-refractivity contribution in [3.8, 4) is 11.1 Å². The number of nitrogens with one attached hydrogen (secondary N) is 1. The molecule has 0 saturated heterocycles. The summed E-state index contributed by atoms with van der Waals surface area (Å²) in [6.07, 6.45) is 2.92. The predicted octanol–water partition coefficient (Wildman–Crippen LogP) is 1.82. The number of amides is 2. The number of rotatable bonds is 8. The number of anilines is 1. The van der Waals surface area contributed by atoms with Gasteiger partial charge in [-0.25, -0.2) is 4.98 Å². The summed E-state index contributed by atoms with van der Waals surface area (Å²) in [5, 5.41) is 12.4. The number of aliphatic hydroxyl groups is 1. The molecular formula is C23H29N3O5. The van der Waals surface area contributed by atoms with E-state index in [9.17, 15) is 19.5 Å². The summed E-state index contributed by atoms with van der Waals surface area (Å²) in [6.45, 7) is 3.44. The molecule has 0 bridgehead atoms. The van der Waals surface area contributed by atoms with Crippen molar-refractivity contribution in [1.29, 1.82) is 0 Å². The van der Waals surface area contributed by atoms with Crippen molar-refractivity contribution in [1.82, 2.24) is 10.3 Å². The molecule has 1 aliphatic rings. The lowest BCUT2D eigenvalue weighted by Gasteiger charge is -2.26. The Hall–Kier alpha value is -3.10. The standard InChI is InChI=1S/C23H27N3O4.H2O/c1-3-7-16(28)14-15(2)22(29)25-20-18-9-5-4-8-17(18)19-10-6-11-24-21(19)26(12-13-27)23(20)30;/h4-6,8-11,15,20,27H,3,7,12-14H2,1-2H3,(H,25,29);1H2/t15-,20+;/m1./s1. The summed E-state index contributed by atoms with van der Waals surface area (Å²) in [6, 6.07) is 10.1. The number of benzene rings is 1. The molecule has 166 valence electrons. The van der Waals surface area contributed by atoms with Gasteiger partial charge < -0.3 is 15.9 Å². The minimum atomic E-state index is -0.932. The largest absolute Gasteiger partial charge is 0.412 e. The van der Waals surface area contributed by atoms with Crippen LogP contribution in [-0.2, 0) is 14.4 Å². The maximum absolute atomic E-state index is 13.4. The first kappa shape index (κ1) is 24.2. The molecule has 8 heteroatoms. The van der Waals surface area contributed by atoms with Crippen molar-refractivity contribution in [2.45, 2.75) is 39.2 Å². The molecule has 1 aliphatic heterocycles. The maximum atomic E-state index is 13.4. The van der Waals surface area contributed by atoms with Gasteiger partial charge in [0, 0.05) is 30.5 Å². The molecular weight excluding hydrogens is 398 g/mol. The molecule has 4 N–H and O–H groups in total. The molecule has 0 spiro atoms. The van der Waals surface area contributed by atoms with Crippen molar-refractivity contribution in [2.75, 3.05) is 18.1 Å². The number of nitrogens with zero attached hydrogens (tertiary/aromatic N) is 2. The quantitative estimate of drug-likeness (QED) is 0.663. The van der Waals surface area contributed by atoms with E-state index in [4.69, 9.17) is 0 Å². The number of ketones is 1. The minimum absolute atomic E-state index is 0. The summed E-state index contributed by atoms with van der Waals surface area (Å²) in [5.41, 5.74) is 2.23. The van der Waals surface area contributed by atoms with Crippen molar-refractivity contribution < 1.29 is 25.0 Å². The number of fused-ring (bicyclic) bond motifs is 3. The molecule has 2 aromatic rings. The summed E-state index contributed by atoms with van der Waals surface area (Å²) < 4.78 is 0. The van der Waals surface area contributed by atoms with Gasteiger partial charge in [-0.05, 0) is 29.7 Å². The lowest BCUT2D eigenvalue weighted by molar-refractivity contribution is -0.132. The van der Waals surface area contributed by atoms with Gasteiger partial charge >= 0.3 is 0 Å². The van der Waals surface area contributed by atoms with E-state index < -0.39 is 12.0 Å². The lowest BCUT2D eigenvalue weighted by Crippen LogP contribution is -2.45. The number of aromatic nitrogens is 1. The van der Waals surface area contributed by atoms with Crippen LogP contribution in [0.2, 0.25) is 0 Å². The number of pyridine rings is 1. The van der Waals surface area contributed by atoms with E-state index in [-0.39, 0.29) is 42.6 Å². The van der Waals surface area contributed by atoms with Gasteiger partial charge in [0.1, 0.15) is 17.6 Å². The molecule has 2 amide bonds. The van der Waals surface area contributed by atoms with Crippen LogP contribution in [0.25, 0.3) is 11.1 Å². The summed E-state index contributed by atoms with van der Waals surface area (Å²) >= 11 is 0. The van der Waals surface area contributed by atoms with E-state index in [0.29, 0.717) is 17.8 Å². The van der Waals surface area contributed by atoms with E-state index in [1.54, 1.807) is 19.2 Å². The summed E-state index contributed by atoms with van der Waals surface area (Å²) in [7, 11) is 0. The van der Waals surface area contributed by atoms with Gasteiger partial charge in [-0.15, -0.1) is 0 Å². The van der Waals surface area contributed by atoms with Crippen molar-refractivity contribution >= 4 is 23.4 Å². The lowest BCUT2D eigenvalue weighted by atomic mass is 9.95. The van der Waals surface area contributed by atoms with Crippen LogP contribution in [0.1, 0.15) is 44.7 Å². The summed E-state index contributed by atoms with van der Waals surface area (Å²) in [5.74, 6) is -0.776. The van der Waals surface area contributed by atoms with Crippen LogP contribution in [0.4, 0.5) is 5.82 Å². The average Bonchev–Trinajstić information content (AvgIpc) is 2.83. The molecule has 31 heavy (non-hydrogen) atoms. The fraction of sp³-hybridized carbons (Fsp3) is 0.391. The van der Waals surface area contributed by atoms with E-state index in [0.717, 1.165) is 17.5 Å². The Morgan fingerprint density at radius 2 is 1.90 bits per heavy atom. The van der Waals surface area contributed by atoms with Crippen LogP contribution in [0.15, 0.2) is 42.6 Å². The second kappa shape index (κ2) is 10.8. The summed E-state index contributed by atoms with van der Waals surface area (Å²) in [4.78, 5) is 44.0. The number of aliphatic hydroxyl groups excluding tert-OH is 1. The first-order valence-corrected chi connectivity index (χ1v) is 10.3. The number of carbonyl (C=O) groups is 3. The Bertz CT molecular complexity index is 946. The zero-order chi connectivity index (χ0) is 21.7. The maximum Gasteiger partial charge on any atom is 0.255 e. The molecule has 8 nitrogen and oxygen atoms in total. The fourth-order valence-corrected chi connectivity index (χ4v) is 3.76. The highest BCUT2D eigenvalue weighted by Crippen LogP contribution is 2.38. The second-order valence-corrected chi connectivity index (χ2v) is 7.51. The molecule has 2 heterocycles. The van der Waals surface area contributed by atoms with Gasteiger partial charge in [-0.3, -0.25) is 19.3 Å². The van der Waals surface area contributed by atoms with Gasteiger partial charge in [0.05, 0.1) is 13.2 Å². The van der Waals surface area contributed by atoms with Crippen LogP contribution in [0.3, 0.4) is 0 Å². The van der Waals surface area contributed by atoms with Crippen LogP contribution in [-0.4, -0.2) is 46.3 Å². The number of β-amino-alcohol motifs (C(OH)–C–C–N with tert-alkyl or cyclic N) is 1. The highest BCUT2D eigenvalue weighted by Gasteiger charge is 2.36. The Labute approximate surface area is 181 Å². The Morgan fingerprint density at radius 1 is 1.19 bits per heavy atom. The molecule has 2 atom stereocenters. The minimum Gasteiger partial charge on any atom is -0.412 e. The Kier molecular flexibility index (Phi) is 8.41. The third kappa shape index (κ3) is 5.15. The molecule has 0 unspecified atom stereocenters. The zero-order valence-electron chi connectivity index (χ0n) is 17.8. The molecule has 0 fully saturated rings. The first-order chi connectivity index (χ1) is 14.5. The number of carbonyl (C=O) groups excluding carboxylic acids is 3. The predicted molar refractivity (Wildman–Crippen MR) is 117 cm³/mol. The van der Waals surface area contributed by atoms with Gasteiger partial charge in [-0.2, -0.15) is 0 Å². The van der Waals surface area contributed by atoms with E-state index in [2.05, 4.69) is 10.3 Å². The number of hydrogen-bond acceptors (Lipinski definition) is 5. The fourth-order valence-electron chi connectivity index (χ4n) is 3.76. The van der Waals surface area contributed by atoms with Crippen LogP contribution in [0, 0.1) is 5.92 Å². The monoisotopic (exact) mass is 427 g/mol. The Morgan fingerprint density at radius 3 is 2.61 bits per heavy atom. The first-order valence-electron chi connectivity index (χ1n) is 10.3. The zero-order valence-corrected chi connectivity index (χ0v) is 17.8. The topological polar surface area (TPSA) is 131 Å². The number of Topliss-reactive ketones (excluding diaryl/α,β-unsaturated/α-hetero) is 1.